The summed E-state index contributed by atoms with van der Waals surface area (Å²) in [6, 6.07) is 2.81. The molecule has 0 bridgehead atoms. The molecule has 0 radical (unpaired) electrons. The van der Waals surface area contributed by atoms with Crippen molar-refractivity contribution < 1.29 is 0 Å². The summed E-state index contributed by atoms with van der Waals surface area (Å²) in [5, 5.41) is 3.58. The average molecular weight is 290 g/mol. The Balaban J connectivity index is 2.88. The number of hydrogen-bond acceptors (Lipinski definition) is 2. The maximum atomic E-state index is 3.60. The van der Waals surface area contributed by atoms with Gasteiger partial charge < -0.3 is 5.32 Å². The van der Waals surface area contributed by atoms with Crippen molar-refractivity contribution in [2.75, 3.05) is 6.54 Å². The van der Waals surface area contributed by atoms with Crippen LogP contribution in [0.1, 0.15) is 43.7 Å². The SMILES string of the molecule is CCNC(c1cc(C)c(Br)s1)C(C)CC. The second kappa shape index (κ2) is 6.02. The third-order valence-electron chi connectivity index (χ3n) is 2.82. The molecule has 0 saturated carbocycles. The third-order valence-corrected chi connectivity index (χ3v) is 5.04. The van der Waals surface area contributed by atoms with Crippen LogP contribution in [0.2, 0.25) is 0 Å². The lowest BCUT2D eigenvalue weighted by molar-refractivity contribution is 0.389. The molecule has 0 spiro atoms. The summed E-state index contributed by atoms with van der Waals surface area (Å²) in [5.41, 5.74) is 1.35. The highest BCUT2D eigenvalue weighted by Crippen LogP contribution is 2.35. The second-order valence-electron chi connectivity index (χ2n) is 4.03. The molecular formula is C12H20BrNS. The van der Waals surface area contributed by atoms with Gasteiger partial charge in [-0.25, -0.2) is 0 Å². The summed E-state index contributed by atoms with van der Waals surface area (Å²) in [4.78, 5) is 1.45. The number of halogens is 1. The van der Waals surface area contributed by atoms with Crippen molar-refractivity contribution in [1.29, 1.82) is 0 Å². The fourth-order valence-corrected chi connectivity index (χ4v) is 3.45. The third kappa shape index (κ3) is 3.30. The maximum absolute atomic E-state index is 3.60. The molecule has 0 fully saturated rings. The number of aryl methyl sites for hydroxylation is 1. The molecule has 3 heteroatoms. The molecule has 0 saturated heterocycles. The minimum Gasteiger partial charge on any atom is -0.309 e. The van der Waals surface area contributed by atoms with Crippen LogP contribution in [-0.2, 0) is 0 Å². The molecule has 1 rings (SSSR count). The van der Waals surface area contributed by atoms with Gasteiger partial charge >= 0.3 is 0 Å². The zero-order chi connectivity index (χ0) is 11.4. The first kappa shape index (κ1) is 13.2. The van der Waals surface area contributed by atoms with Gasteiger partial charge in [-0.1, -0.05) is 27.2 Å². The van der Waals surface area contributed by atoms with E-state index < -0.39 is 0 Å². The highest BCUT2D eigenvalue weighted by Gasteiger charge is 2.19. The van der Waals surface area contributed by atoms with Gasteiger partial charge in [0.15, 0.2) is 0 Å². The van der Waals surface area contributed by atoms with Gasteiger partial charge in [0, 0.05) is 10.9 Å². The number of nitrogens with one attached hydrogen (secondary N) is 1. The molecule has 2 unspecified atom stereocenters. The van der Waals surface area contributed by atoms with Gasteiger partial charge in [0.05, 0.1) is 3.79 Å². The topological polar surface area (TPSA) is 12.0 Å². The van der Waals surface area contributed by atoms with Gasteiger partial charge in [-0.05, 0) is 46.9 Å². The minimum atomic E-state index is 0.509. The number of thiophene rings is 1. The van der Waals surface area contributed by atoms with Crippen molar-refractivity contribution in [2.24, 2.45) is 5.92 Å². The summed E-state index contributed by atoms with van der Waals surface area (Å²) in [7, 11) is 0. The summed E-state index contributed by atoms with van der Waals surface area (Å²) in [5.74, 6) is 0.690. The Morgan fingerprint density at radius 2 is 2.13 bits per heavy atom. The second-order valence-corrected chi connectivity index (χ2v) is 6.43. The monoisotopic (exact) mass is 289 g/mol. The van der Waals surface area contributed by atoms with Crippen molar-refractivity contribution in [1.82, 2.24) is 5.32 Å². The Morgan fingerprint density at radius 3 is 2.53 bits per heavy atom. The van der Waals surface area contributed by atoms with E-state index in [-0.39, 0.29) is 0 Å². The van der Waals surface area contributed by atoms with Gasteiger partial charge in [-0.2, -0.15) is 0 Å². The molecule has 1 aromatic rings. The molecule has 1 N–H and O–H groups in total. The van der Waals surface area contributed by atoms with Crippen molar-refractivity contribution in [3.8, 4) is 0 Å². The lowest BCUT2D eigenvalue weighted by Crippen LogP contribution is -2.25. The minimum absolute atomic E-state index is 0.509. The molecule has 0 aliphatic rings. The van der Waals surface area contributed by atoms with Gasteiger partial charge in [0.2, 0.25) is 0 Å². The molecule has 1 heterocycles. The molecule has 2 atom stereocenters. The zero-order valence-electron chi connectivity index (χ0n) is 9.93. The van der Waals surface area contributed by atoms with Crippen molar-refractivity contribution >= 4 is 27.3 Å². The summed E-state index contributed by atoms with van der Waals surface area (Å²) in [6.45, 7) is 9.93. The van der Waals surface area contributed by atoms with E-state index in [1.165, 1.54) is 20.6 Å². The van der Waals surface area contributed by atoms with Gasteiger partial charge in [-0.3, -0.25) is 0 Å². The van der Waals surface area contributed by atoms with E-state index in [1.54, 1.807) is 0 Å². The summed E-state index contributed by atoms with van der Waals surface area (Å²) in [6.07, 6.45) is 1.21. The fraction of sp³-hybridized carbons (Fsp3) is 0.667. The number of rotatable bonds is 5. The first-order chi connectivity index (χ1) is 7.10. The quantitative estimate of drug-likeness (QED) is 0.841. The van der Waals surface area contributed by atoms with E-state index >= 15 is 0 Å². The van der Waals surface area contributed by atoms with Crippen LogP contribution in [0.15, 0.2) is 9.85 Å². The Kier molecular flexibility index (Phi) is 5.30. The van der Waals surface area contributed by atoms with E-state index in [0.29, 0.717) is 12.0 Å². The highest BCUT2D eigenvalue weighted by atomic mass is 79.9. The van der Waals surface area contributed by atoms with Crippen LogP contribution in [0.5, 0.6) is 0 Å². The predicted molar refractivity (Wildman–Crippen MR) is 72.6 cm³/mol. The summed E-state index contributed by atoms with van der Waals surface area (Å²) >= 11 is 5.46. The van der Waals surface area contributed by atoms with E-state index in [0.717, 1.165) is 6.54 Å². The van der Waals surface area contributed by atoms with Crippen LogP contribution < -0.4 is 5.32 Å². The maximum Gasteiger partial charge on any atom is 0.0731 e. The van der Waals surface area contributed by atoms with Crippen LogP contribution in [0.3, 0.4) is 0 Å². The van der Waals surface area contributed by atoms with Crippen molar-refractivity contribution in [2.45, 2.75) is 40.2 Å². The van der Waals surface area contributed by atoms with Crippen LogP contribution in [0, 0.1) is 12.8 Å². The zero-order valence-corrected chi connectivity index (χ0v) is 12.3. The van der Waals surface area contributed by atoms with E-state index in [4.69, 9.17) is 0 Å². The molecule has 0 aromatic carbocycles. The standard InChI is InChI=1S/C12H20BrNS/c1-5-8(3)11(14-6-2)10-7-9(4)12(13)15-10/h7-8,11,14H,5-6H2,1-4H3. The Bertz CT molecular complexity index is 289. The molecule has 1 aromatic heterocycles. The lowest BCUT2D eigenvalue weighted by Gasteiger charge is -2.22. The van der Waals surface area contributed by atoms with Crippen LogP contribution in [-0.4, -0.2) is 6.54 Å². The Morgan fingerprint density at radius 1 is 1.47 bits per heavy atom. The normalized spacial score (nSPS) is 15.3. The summed E-state index contributed by atoms with van der Waals surface area (Å²) < 4.78 is 1.27. The van der Waals surface area contributed by atoms with Crippen LogP contribution >= 0.6 is 27.3 Å². The van der Waals surface area contributed by atoms with Crippen molar-refractivity contribution in [3.05, 3.63) is 20.3 Å². The van der Waals surface area contributed by atoms with Gasteiger partial charge in [0.25, 0.3) is 0 Å². The van der Waals surface area contributed by atoms with Crippen LogP contribution in [0.25, 0.3) is 0 Å². The highest BCUT2D eigenvalue weighted by molar-refractivity contribution is 9.11. The van der Waals surface area contributed by atoms with Crippen LogP contribution in [0.4, 0.5) is 0 Å². The van der Waals surface area contributed by atoms with Gasteiger partial charge in [0.1, 0.15) is 0 Å². The molecule has 15 heavy (non-hydrogen) atoms. The Labute approximate surface area is 105 Å². The molecule has 0 aliphatic heterocycles. The Hall–Kier alpha value is 0.140. The molecule has 0 aliphatic carbocycles. The predicted octanol–water partition coefficient (Wildman–Crippen LogP) is 4.52. The van der Waals surface area contributed by atoms with E-state index in [9.17, 15) is 0 Å². The van der Waals surface area contributed by atoms with Crippen molar-refractivity contribution in [3.63, 3.8) is 0 Å². The molecule has 86 valence electrons. The molecule has 0 amide bonds. The first-order valence-corrected chi connectivity index (χ1v) is 7.20. The first-order valence-electron chi connectivity index (χ1n) is 5.59. The van der Waals surface area contributed by atoms with E-state index in [1.807, 2.05) is 11.3 Å². The van der Waals surface area contributed by atoms with E-state index in [2.05, 4.69) is 55.0 Å². The van der Waals surface area contributed by atoms with Gasteiger partial charge in [-0.15, -0.1) is 11.3 Å². The fourth-order valence-electron chi connectivity index (χ4n) is 1.67. The number of hydrogen-bond donors (Lipinski definition) is 1. The average Bonchev–Trinajstić information content (AvgIpc) is 2.54. The molecular weight excluding hydrogens is 270 g/mol. The molecule has 1 nitrogen and oxygen atoms in total. The largest absolute Gasteiger partial charge is 0.309 e. The lowest BCUT2D eigenvalue weighted by atomic mass is 9.97. The smallest absolute Gasteiger partial charge is 0.0731 e.